The Morgan fingerprint density at radius 1 is 1.53 bits per heavy atom. The van der Waals surface area contributed by atoms with E-state index in [1.54, 1.807) is 31.0 Å². The van der Waals surface area contributed by atoms with Crippen LogP contribution in [-0.2, 0) is 23.6 Å². The summed E-state index contributed by atoms with van der Waals surface area (Å²) in [4.78, 5) is 13.3. The molecule has 2 aromatic heterocycles. The molecule has 0 aliphatic heterocycles. The predicted molar refractivity (Wildman–Crippen MR) is 71.5 cm³/mol. The Labute approximate surface area is 114 Å². The van der Waals surface area contributed by atoms with Gasteiger partial charge in [0.05, 0.1) is 6.20 Å². The second kappa shape index (κ2) is 4.91. The number of nitrogens with zero attached hydrogens (tertiary/aromatic N) is 3. The Morgan fingerprint density at radius 3 is 2.68 bits per heavy atom. The van der Waals surface area contributed by atoms with Crippen LogP contribution in [0.15, 0.2) is 21.4 Å². The van der Waals surface area contributed by atoms with Gasteiger partial charge in [0.25, 0.3) is 10.0 Å². The maximum atomic E-state index is 12.3. The minimum atomic E-state index is -3.65. The number of rotatable bonds is 4. The van der Waals surface area contributed by atoms with Crippen LogP contribution in [0, 0.1) is 6.92 Å². The predicted octanol–water partition coefficient (Wildman–Crippen LogP) is 0.299. The Bertz CT molecular complexity index is 741. The second-order valence-corrected chi connectivity index (χ2v) is 7.43. The number of sulfonamides is 1. The SMILES string of the molecule is Cc1[nH]c(=O)sc1S(=O)(=O)N(C)Cc1cnn(C)c1. The highest BCUT2D eigenvalue weighted by atomic mass is 32.2. The number of thiazole rings is 1. The molecule has 0 aliphatic carbocycles. The molecule has 9 heteroatoms. The van der Waals surface area contributed by atoms with Gasteiger partial charge in [-0.25, -0.2) is 8.42 Å². The van der Waals surface area contributed by atoms with E-state index < -0.39 is 10.0 Å². The van der Waals surface area contributed by atoms with E-state index >= 15 is 0 Å². The van der Waals surface area contributed by atoms with Crippen LogP contribution in [0.1, 0.15) is 11.3 Å². The van der Waals surface area contributed by atoms with Gasteiger partial charge in [0.2, 0.25) is 0 Å². The first-order chi connectivity index (χ1) is 8.80. The lowest BCUT2D eigenvalue weighted by atomic mass is 10.4. The molecule has 2 rings (SSSR count). The first kappa shape index (κ1) is 14.0. The molecule has 0 unspecified atom stereocenters. The van der Waals surface area contributed by atoms with Gasteiger partial charge in [0.15, 0.2) is 4.21 Å². The van der Waals surface area contributed by atoms with Gasteiger partial charge in [-0.05, 0) is 6.92 Å². The van der Waals surface area contributed by atoms with Crippen molar-refractivity contribution in [1.82, 2.24) is 19.1 Å². The summed E-state index contributed by atoms with van der Waals surface area (Å²) in [6.45, 7) is 1.78. The van der Waals surface area contributed by atoms with E-state index in [0.717, 1.165) is 5.56 Å². The quantitative estimate of drug-likeness (QED) is 0.880. The highest BCUT2D eigenvalue weighted by Crippen LogP contribution is 2.21. The van der Waals surface area contributed by atoms with E-state index in [4.69, 9.17) is 0 Å². The van der Waals surface area contributed by atoms with Gasteiger partial charge in [-0.15, -0.1) is 0 Å². The largest absolute Gasteiger partial charge is 0.315 e. The molecule has 0 amide bonds. The zero-order valence-corrected chi connectivity index (χ0v) is 12.4. The van der Waals surface area contributed by atoms with Crippen molar-refractivity contribution in [2.75, 3.05) is 7.05 Å². The van der Waals surface area contributed by atoms with E-state index in [1.165, 1.54) is 11.4 Å². The van der Waals surface area contributed by atoms with E-state index in [2.05, 4.69) is 10.1 Å². The number of aromatic nitrogens is 3. The zero-order valence-electron chi connectivity index (χ0n) is 10.7. The zero-order chi connectivity index (χ0) is 14.2. The summed E-state index contributed by atoms with van der Waals surface area (Å²) in [7, 11) is -0.412. The summed E-state index contributed by atoms with van der Waals surface area (Å²) in [6, 6.07) is 0. The van der Waals surface area contributed by atoms with Gasteiger partial charge in [-0.3, -0.25) is 9.48 Å². The van der Waals surface area contributed by atoms with Crippen LogP contribution in [0.4, 0.5) is 0 Å². The van der Waals surface area contributed by atoms with Crippen LogP contribution in [-0.4, -0.2) is 34.5 Å². The Kier molecular flexibility index (Phi) is 3.61. The van der Waals surface area contributed by atoms with Crippen LogP contribution in [0.3, 0.4) is 0 Å². The summed E-state index contributed by atoms with van der Waals surface area (Å²) in [5.74, 6) is 0. The monoisotopic (exact) mass is 302 g/mol. The summed E-state index contributed by atoms with van der Waals surface area (Å²) < 4.78 is 27.5. The first-order valence-corrected chi connectivity index (χ1v) is 7.70. The fourth-order valence-electron chi connectivity index (χ4n) is 1.67. The van der Waals surface area contributed by atoms with Gasteiger partial charge in [-0.2, -0.15) is 9.40 Å². The third-order valence-corrected chi connectivity index (χ3v) is 5.97. The van der Waals surface area contributed by atoms with Gasteiger partial charge in [-0.1, -0.05) is 11.3 Å². The van der Waals surface area contributed by atoms with Crippen LogP contribution >= 0.6 is 11.3 Å². The Hall–Kier alpha value is -1.45. The summed E-state index contributed by atoms with van der Waals surface area (Å²) in [5.41, 5.74) is 1.15. The number of H-pyrrole nitrogens is 1. The van der Waals surface area contributed by atoms with Crippen LogP contribution in [0.5, 0.6) is 0 Å². The molecule has 0 aromatic carbocycles. The van der Waals surface area contributed by atoms with Gasteiger partial charge < -0.3 is 4.98 Å². The standard InChI is InChI=1S/C10H14N4O3S2/c1-7-9(18-10(15)12-7)19(16,17)14(3)6-8-4-11-13(2)5-8/h4-5H,6H2,1-3H3,(H,12,15). The van der Waals surface area contributed by atoms with E-state index in [-0.39, 0.29) is 15.6 Å². The molecule has 1 N–H and O–H groups in total. The van der Waals surface area contributed by atoms with Crippen molar-refractivity contribution in [3.63, 3.8) is 0 Å². The van der Waals surface area contributed by atoms with Crippen LogP contribution in [0.2, 0.25) is 0 Å². The molecule has 0 bridgehead atoms. The number of aryl methyl sites for hydroxylation is 2. The molecule has 7 nitrogen and oxygen atoms in total. The molecule has 0 atom stereocenters. The van der Waals surface area contributed by atoms with Gasteiger partial charge >= 0.3 is 4.87 Å². The maximum Gasteiger partial charge on any atom is 0.305 e. The smallest absolute Gasteiger partial charge is 0.305 e. The minimum absolute atomic E-state index is 0.0592. The second-order valence-electron chi connectivity index (χ2n) is 4.21. The third kappa shape index (κ3) is 2.77. The van der Waals surface area contributed by atoms with E-state index in [1.807, 2.05) is 0 Å². The van der Waals surface area contributed by atoms with Crippen LogP contribution < -0.4 is 4.87 Å². The van der Waals surface area contributed by atoms with Crippen molar-refractivity contribution in [2.45, 2.75) is 17.7 Å². The molecular weight excluding hydrogens is 288 g/mol. The van der Waals surface area contributed by atoms with Crippen molar-refractivity contribution in [2.24, 2.45) is 7.05 Å². The number of hydrogen-bond donors (Lipinski definition) is 1. The molecule has 0 saturated heterocycles. The molecule has 0 saturated carbocycles. The number of aromatic amines is 1. The fraction of sp³-hybridized carbons (Fsp3) is 0.400. The molecule has 2 heterocycles. The summed E-state index contributed by atoms with van der Waals surface area (Å²) >= 11 is 0.704. The maximum absolute atomic E-state index is 12.3. The van der Waals surface area contributed by atoms with E-state index in [9.17, 15) is 13.2 Å². The Balaban J connectivity index is 2.29. The molecule has 0 aliphatic rings. The lowest BCUT2D eigenvalue weighted by Gasteiger charge is -2.15. The molecule has 0 spiro atoms. The van der Waals surface area contributed by atoms with Gasteiger partial charge in [0, 0.05) is 38.1 Å². The topological polar surface area (TPSA) is 88.1 Å². The van der Waals surface area contributed by atoms with Crippen LogP contribution in [0.25, 0.3) is 0 Å². The van der Waals surface area contributed by atoms with Crippen molar-refractivity contribution in [3.8, 4) is 0 Å². The van der Waals surface area contributed by atoms with Crippen molar-refractivity contribution in [3.05, 3.63) is 33.3 Å². The normalized spacial score (nSPS) is 12.2. The lowest BCUT2D eigenvalue weighted by Crippen LogP contribution is -2.26. The Morgan fingerprint density at radius 2 is 2.21 bits per heavy atom. The summed E-state index contributed by atoms with van der Waals surface area (Å²) in [5, 5.41) is 3.99. The fourth-order valence-corrected chi connectivity index (χ4v) is 4.32. The third-order valence-electron chi connectivity index (χ3n) is 2.59. The van der Waals surface area contributed by atoms with Crippen molar-refractivity contribution < 1.29 is 8.42 Å². The molecule has 0 radical (unpaired) electrons. The van der Waals surface area contributed by atoms with Crippen molar-refractivity contribution >= 4 is 21.4 Å². The summed E-state index contributed by atoms with van der Waals surface area (Å²) in [6.07, 6.45) is 3.36. The molecular formula is C10H14N4O3S2. The number of nitrogens with one attached hydrogen (secondary N) is 1. The lowest BCUT2D eigenvalue weighted by molar-refractivity contribution is 0.468. The molecule has 0 fully saturated rings. The number of hydrogen-bond acceptors (Lipinski definition) is 5. The minimum Gasteiger partial charge on any atom is -0.315 e. The first-order valence-electron chi connectivity index (χ1n) is 5.44. The molecule has 2 aromatic rings. The van der Waals surface area contributed by atoms with Gasteiger partial charge in [0.1, 0.15) is 0 Å². The molecule has 104 valence electrons. The van der Waals surface area contributed by atoms with Crippen molar-refractivity contribution in [1.29, 1.82) is 0 Å². The average Bonchev–Trinajstić information content (AvgIpc) is 2.85. The average molecular weight is 302 g/mol. The molecule has 19 heavy (non-hydrogen) atoms. The highest BCUT2D eigenvalue weighted by Gasteiger charge is 2.26. The van der Waals surface area contributed by atoms with E-state index in [0.29, 0.717) is 17.0 Å². The highest BCUT2D eigenvalue weighted by molar-refractivity contribution is 7.91.